The first-order valence-electron chi connectivity index (χ1n) is 19.0. The van der Waals surface area contributed by atoms with Crippen LogP contribution in [-0.2, 0) is 28.0 Å². The Labute approximate surface area is 332 Å². The van der Waals surface area contributed by atoms with Crippen molar-refractivity contribution in [3.05, 3.63) is 68.9 Å². The third-order valence-electron chi connectivity index (χ3n) is 12.7. The van der Waals surface area contributed by atoms with E-state index < -0.39 is 59.7 Å². The van der Waals surface area contributed by atoms with Crippen LogP contribution in [0.25, 0.3) is 10.9 Å². The van der Waals surface area contributed by atoms with Gasteiger partial charge in [-0.3, -0.25) is 19.9 Å². The van der Waals surface area contributed by atoms with Crippen molar-refractivity contribution >= 4 is 34.6 Å². The van der Waals surface area contributed by atoms with Crippen LogP contribution in [-0.4, -0.2) is 112 Å². The van der Waals surface area contributed by atoms with Gasteiger partial charge in [0.05, 0.1) is 49.9 Å². The summed E-state index contributed by atoms with van der Waals surface area (Å²) in [6, 6.07) is 4.94. The maximum atomic E-state index is 13.8. The number of aliphatic carboxylic acids is 1. The summed E-state index contributed by atoms with van der Waals surface area (Å²) in [6.07, 6.45) is -0.145. The van der Waals surface area contributed by atoms with Crippen molar-refractivity contribution in [1.29, 1.82) is 0 Å². The molecule has 15 nitrogen and oxygen atoms in total. The van der Waals surface area contributed by atoms with E-state index >= 15 is 0 Å². The molecule has 302 valence electrons. The highest BCUT2D eigenvalue weighted by Crippen LogP contribution is 2.64. The second kappa shape index (κ2) is 13.7. The summed E-state index contributed by atoms with van der Waals surface area (Å²) in [5.74, 6) is 0.237. The van der Waals surface area contributed by atoms with Gasteiger partial charge in [0.15, 0.2) is 28.5 Å². The van der Waals surface area contributed by atoms with Crippen molar-refractivity contribution in [2.45, 2.75) is 74.8 Å². The first-order valence-corrected chi connectivity index (χ1v) is 20.0. The van der Waals surface area contributed by atoms with Gasteiger partial charge in [-0.2, -0.15) is 0 Å². The molecule has 0 spiro atoms. The third-order valence-corrected chi connectivity index (χ3v) is 14.2. The van der Waals surface area contributed by atoms with Crippen LogP contribution in [0.5, 0.6) is 34.5 Å². The predicted molar refractivity (Wildman–Crippen MR) is 209 cm³/mol. The number of nitrogens with zero attached hydrogens (tertiary/aromatic N) is 2. The number of aromatic nitrogens is 1. The van der Waals surface area contributed by atoms with E-state index in [0.717, 1.165) is 27.6 Å². The molecule has 7 atom stereocenters. The average Bonchev–Trinajstić information content (AvgIpc) is 3.83. The number of aryl methyl sites for hydroxylation is 1. The van der Waals surface area contributed by atoms with Crippen LogP contribution in [0.4, 0.5) is 0 Å². The number of nitrogens with one attached hydrogen (secondary N) is 2. The number of thioether (sulfide) groups is 1. The molecule has 1 aromatic heterocycles. The number of aromatic hydroxyl groups is 1. The van der Waals surface area contributed by atoms with Gasteiger partial charge in [0, 0.05) is 58.4 Å². The maximum absolute atomic E-state index is 13.8. The Morgan fingerprint density at radius 3 is 2.54 bits per heavy atom. The molecule has 3 aromatic carbocycles. The van der Waals surface area contributed by atoms with Gasteiger partial charge in [0.2, 0.25) is 6.79 Å². The van der Waals surface area contributed by atoms with E-state index in [4.69, 9.17) is 23.7 Å². The van der Waals surface area contributed by atoms with E-state index in [1.807, 2.05) is 43.1 Å². The zero-order valence-electron chi connectivity index (χ0n) is 32.5. The number of carbonyl (C=O) groups is 2. The van der Waals surface area contributed by atoms with Crippen LogP contribution >= 0.6 is 11.8 Å². The number of carboxylic acids is 1. The molecule has 0 amide bonds. The Morgan fingerprint density at radius 2 is 1.84 bits per heavy atom. The van der Waals surface area contributed by atoms with Crippen LogP contribution < -0.4 is 29.0 Å². The van der Waals surface area contributed by atoms with E-state index in [-0.39, 0.29) is 24.0 Å². The lowest BCUT2D eigenvalue weighted by atomic mass is 9.73. The Hall–Kier alpha value is -4.71. The van der Waals surface area contributed by atoms with Gasteiger partial charge in [0.25, 0.3) is 0 Å². The number of H-pyrrole nitrogens is 1. The minimum absolute atomic E-state index is 0.0173. The van der Waals surface area contributed by atoms with Crippen molar-refractivity contribution in [3.8, 4) is 34.5 Å². The van der Waals surface area contributed by atoms with Crippen LogP contribution in [0.2, 0.25) is 0 Å². The van der Waals surface area contributed by atoms with Crippen molar-refractivity contribution < 1.29 is 53.7 Å². The van der Waals surface area contributed by atoms with Crippen LogP contribution in [0.15, 0.2) is 24.3 Å². The molecule has 5 aliphatic rings. The number of likely N-dealkylation sites (N-methyl/N-ethyl adjacent to an activating group) is 1. The molecule has 6 N–H and O–H groups in total. The number of esters is 1. The number of carboxylic acid groups (broad SMARTS) is 1. The molecule has 0 unspecified atom stereocenters. The van der Waals surface area contributed by atoms with Crippen LogP contribution in [0.1, 0.15) is 68.9 Å². The quantitative estimate of drug-likeness (QED) is 0.111. The molecule has 6 heterocycles. The van der Waals surface area contributed by atoms with Gasteiger partial charge < -0.3 is 49.1 Å². The van der Waals surface area contributed by atoms with Crippen molar-refractivity contribution in [2.75, 3.05) is 47.0 Å². The van der Waals surface area contributed by atoms with Gasteiger partial charge in [0.1, 0.15) is 17.7 Å². The van der Waals surface area contributed by atoms with E-state index in [2.05, 4.69) is 15.2 Å². The first kappa shape index (κ1) is 37.8. The number of aliphatic hydroxyl groups is 2. The summed E-state index contributed by atoms with van der Waals surface area (Å²) in [4.78, 5) is 34.1. The molecular weight excluding hydrogens is 757 g/mol. The standard InChI is InChI=1S/C41H46N4O11S/c1-17-11-20-12-25-39(49)45-26(14-46)28-29(34(56-19(3)47)18(2)35-36(28)55-16-54-35)37(31(45)30(44(25)4)27(20)32(48)33(17)53-6)57-15-41(40(50)51)38-22(9-10-42-41)23-13-21(52-5)7-8-24(23)43-38/h7-8,11,13,25-26,30-31,37,39,42-43,46,48-49H,9-10,12,14-16H2,1-6H3,(H,50,51)/t25-,26-,30+,31+,37+,39-,41+/m0/s1. The van der Waals surface area contributed by atoms with Gasteiger partial charge in [-0.05, 0) is 68.6 Å². The number of phenolic OH excluding ortho intramolecular Hbond substituents is 1. The van der Waals surface area contributed by atoms with Crippen LogP contribution in [0, 0.1) is 13.8 Å². The molecule has 16 heteroatoms. The number of rotatable bonds is 8. The number of benzene rings is 3. The summed E-state index contributed by atoms with van der Waals surface area (Å²) in [5.41, 5.74) is 4.32. The summed E-state index contributed by atoms with van der Waals surface area (Å²) in [6.45, 7) is 4.77. The second-order valence-electron chi connectivity index (χ2n) is 15.5. The number of fused-ring (bicyclic) bond motifs is 12. The number of carbonyl (C=O) groups excluding carboxylic acids is 1. The third kappa shape index (κ3) is 5.30. The van der Waals surface area contributed by atoms with E-state index in [1.165, 1.54) is 25.8 Å². The van der Waals surface area contributed by atoms with Crippen molar-refractivity contribution in [3.63, 3.8) is 0 Å². The molecule has 9 rings (SSSR count). The molecule has 0 saturated carbocycles. The number of aliphatic hydroxyl groups excluding tert-OH is 2. The molecule has 0 aliphatic carbocycles. The molecule has 2 bridgehead atoms. The normalized spacial score (nSPS) is 27.3. The molecule has 1 saturated heterocycles. The average molecular weight is 803 g/mol. The largest absolute Gasteiger partial charge is 0.504 e. The minimum atomic E-state index is -1.61. The lowest BCUT2D eigenvalue weighted by molar-refractivity contribution is -0.178. The molecule has 0 radical (unpaired) electrons. The summed E-state index contributed by atoms with van der Waals surface area (Å²) in [7, 11) is 5.00. The maximum Gasteiger partial charge on any atom is 0.330 e. The Morgan fingerprint density at radius 1 is 1.07 bits per heavy atom. The zero-order valence-corrected chi connectivity index (χ0v) is 33.3. The number of hydrogen-bond donors (Lipinski definition) is 6. The van der Waals surface area contributed by atoms with Crippen LogP contribution in [0.3, 0.4) is 0 Å². The minimum Gasteiger partial charge on any atom is -0.504 e. The lowest BCUT2D eigenvalue weighted by Crippen LogP contribution is -2.69. The van der Waals surface area contributed by atoms with E-state index in [0.29, 0.717) is 70.3 Å². The fourth-order valence-electron chi connectivity index (χ4n) is 10.3. The number of hydrogen-bond acceptors (Lipinski definition) is 14. The fourth-order valence-corrected chi connectivity index (χ4v) is 12.0. The van der Waals surface area contributed by atoms with Gasteiger partial charge >= 0.3 is 11.9 Å². The summed E-state index contributed by atoms with van der Waals surface area (Å²) < 4.78 is 29.4. The highest BCUT2D eigenvalue weighted by Gasteiger charge is 2.60. The Bertz CT molecular complexity index is 2350. The molecule has 1 fully saturated rings. The van der Waals surface area contributed by atoms with Crippen molar-refractivity contribution in [1.82, 2.24) is 20.1 Å². The van der Waals surface area contributed by atoms with Crippen molar-refractivity contribution in [2.24, 2.45) is 0 Å². The highest BCUT2D eigenvalue weighted by atomic mass is 32.2. The van der Waals surface area contributed by atoms with Gasteiger partial charge in [-0.25, -0.2) is 4.79 Å². The highest BCUT2D eigenvalue weighted by molar-refractivity contribution is 7.99. The summed E-state index contributed by atoms with van der Waals surface area (Å²) in [5, 5.41) is 50.6. The fraction of sp³-hybridized carbons (Fsp3) is 0.463. The number of ether oxygens (including phenoxy) is 5. The zero-order chi connectivity index (χ0) is 40.2. The van der Waals surface area contributed by atoms with Gasteiger partial charge in [-0.1, -0.05) is 6.07 Å². The second-order valence-corrected chi connectivity index (χ2v) is 16.7. The van der Waals surface area contributed by atoms with Gasteiger partial charge in [-0.15, -0.1) is 11.8 Å². The SMILES string of the molecule is COc1ccc2[nH]c3c(c2c1)CCN[C@@]3(CS[C@@H]1c2c(OC(C)=O)c(C)c3c(c2[C@H](CO)N2[C@@H]1[C@H]1c4c(cc(C)c(OC)c4O)C[C@@H]([C@@H]2O)N1C)OCO3)C(=O)O. The van der Waals surface area contributed by atoms with E-state index in [9.17, 15) is 30.0 Å². The molecular formula is C41H46N4O11S. The molecule has 5 aliphatic heterocycles. The number of piperazine rings is 1. The molecule has 4 aromatic rings. The Balaban J connectivity index is 1.29. The number of phenols is 1. The topological polar surface area (TPSA) is 196 Å². The molecule has 57 heavy (non-hydrogen) atoms. The number of methoxy groups -OCH3 is 2. The number of aromatic amines is 1. The summed E-state index contributed by atoms with van der Waals surface area (Å²) >= 11 is 1.34. The smallest absolute Gasteiger partial charge is 0.330 e. The predicted octanol–water partition coefficient (Wildman–Crippen LogP) is 3.71. The lowest BCUT2D eigenvalue weighted by Gasteiger charge is -2.61. The monoisotopic (exact) mass is 802 g/mol. The first-order chi connectivity index (χ1) is 27.4. The Kier molecular flexibility index (Phi) is 9.10. The van der Waals surface area contributed by atoms with E-state index in [1.54, 1.807) is 14.0 Å².